The molecule has 3 aromatic heterocycles. The van der Waals surface area contributed by atoms with Gasteiger partial charge in [-0.25, -0.2) is 4.98 Å². The lowest BCUT2D eigenvalue weighted by Gasteiger charge is -2.13. The van der Waals surface area contributed by atoms with Crippen LogP contribution in [-0.4, -0.2) is 19.5 Å². The quantitative estimate of drug-likeness (QED) is 0.176. The highest BCUT2D eigenvalue weighted by Crippen LogP contribution is 2.46. The molecule has 12 rings (SSSR count). The highest BCUT2D eigenvalue weighted by molar-refractivity contribution is 6.31. The minimum atomic E-state index is 0.535. The largest absolute Gasteiger partial charge is 0.455 e. The number of hydrogen-bond acceptors (Lipinski definition) is 4. The van der Waals surface area contributed by atoms with Crippen LogP contribution in [0, 0.1) is 0 Å². The van der Waals surface area contributed by atoms with E-state index >= 15 is 0 Å². The first-order valence-electron chi connectivity index (χ1n) is 19.5. The standard InChI is InChI=1S/C53H32N4O/c1-4-14-33(15-5-1)38-26-29-47-44(31-38)42-27-28-45-49(50(42)58-47)48-41-23-13-12-22-40(41)43(35-17-6-2-7-18-35)32-46(48)57(45)53-55-51(36-19-8-3-9-20-36)54-52(56-53)39-25-24-34-16-10-11-21-37(34)30-39/h1-32H. The summed E-state index contributed by atoms with van der Waals surface area (Å²) in [4.78, 5) is 15.8. The van der Waals surface area contributed by atoms with Gasteiger partial charge in [-0.2, -0.15) is 9.97 Å². The van der Waals surface area contributed by atoms with Crippen molar-refractivity contribution in [2.45, 2.75) is 0 Å². The second-order valence-electron chi connectivity index (χ2n) is 14.8. The molecule has 0 aliphatic rings. The van der Waals surface area contributed by atoms with E-state index in [0.717, 1.165) is 93.1 Å². The second-order valence-corrected chi connectivity index (χ2v) is 14.8. The Kier molecular flexibility index (Phi) is 7.16. The van der Waals surface area contributed by atoms with Gasteiger partial charge in [0.05, 0.1) is 16.4 Å². The van der Waals surface area contributed by atoms with E-state index in [-0.39, 0.29) is 0 Å². The number of furan rings is 1. The lowest BCUT2D eigenvalue weighted by molar-refractivity contribution is 0.673. The van der Waals surface area contributed by atoms with Crippen molar-refractivity contribution in [2.24, 2.45) is 0 Å². The molecule has 0 unspecified atom stereocenters. The van der Waals surface area contributed by atoms with Crippen LogP contribution in [0.1, 0.15) is 0 Å². The molecule has 0 radical (unpaired) electrons. The Bertz CT molecular complexity index is 3550. The maximum absolute atomic E-state index is 6.94. The van der Waals surface area contributed by atoms with Gasteiger partial charge >= 0.3 is 0 Å². The van der Waals surface area contributed by atoms with Gasteiger partial charge in [0, 0.05) is 27.3 Å². The maximum atomic E-state index is 6.94. The monoisotopic (exact) mass is 740 g/mol. The van der Waals surface area contributed by atoms with Crippen molar-refractivity contribution in [2.75, 3.05) is 0 Å². The minimum absolute atomic E-state index is 0.535. The van der Waals surface area contributed by atoms with Gasteiger partial charge in [0.15, 0.2) is 11.6 Å². The van der Waals surface area contributed by atoms with Crippen LogP contribution >= 0.6 is 0 Å². The lowest BCUT2D eigenvalue weighted by Crippen LogP contribution is -2.06. The first-order chi connectivity index (χ1) is 28.7. The van der Waals surface area contributed by atoms with Crippen molar-refractivity contribution < 1.29 is 4.42 Å². The van der Waals surface area contributed by atoms with Gasteiger partial charge in [-0.1, -0.05) is 158 Å². The number of nitrogens with zero attached hydrogens (tertiary/aromatic N) is 4. The molecule has 0 spiro atoms. The SMILES string of the molecule is c1ccc(-c2ccc3oc4c(ccc5c4c4c6ccccc6c(-c6ccccc6)cc4n5-c4nc(-c5ccccc5)nc(-c5ccc6ccccc6c5)n4)c3c2)cc1. The fourth-order valence-corrected chi connectivity index (χ4v) is 8.71. The molecule has 0 saturated carbocycles. The Labute approximate surface area is 333 Å². The number of fused-ring (bicyclic) bond motifs is 10. The molecular formula is C53H32N4O. The number of aromatic nitrogens is 4. The fraction of sp³-hybridized carbons (Fsp3) is 0. The molecule has 0 N–H and O–H groups in total. The van der Waals surface area contributed by atoms with Crippen molar-refractivity contribution in [3.05, 3.63) is 194 Å². The molecular weight excluding hydrogens is 709 g/mol. The zero-order chi connectivity index (χ0) is 38.2. The third-order valence-corrected chi connectivity index (χ3v) is 11.4. The molecule has 0 saturated heterocycles. The third kappa shape index (κ3) is 5.07. The normalized spacial score (nSPS) is 11.8. The van der Waals surface area contributed by atoms with Crippen LogP contribution in [-0.2, 0) is 0 Å². The summed E-state index contributed by atoms with van der Waals surface area (Å²) < 4.78 is 9.15. The Morgan fingerprint density at radius 1 is 0.362 bits per heavy atom. The summed E-state index contributed by atoms with van der Waals surface area (Å²) in [6.07, 6.45) is 0. The first kappa shape index (κ1) is 32.4. The van der Waals surface area contributed by atoms with Gasteiger partial charge in [0.1, 0.15) is 11.2 Å². The van der Waals surface area contributed by atoms with Gasteiger partial charge in [0.25, 0.3) is 0 Å². The summed E-state index contributed by atoms with van der Waals surface area (Å²) in [7, 11) is 0. The molecule has 0 aliphatic heterocycles. The van der Waals surface area contributed by atoms with E-state index in [0.29, 0.717) is 17.6 Å². The van der Waals surface area contributed by atoms with Crippen molar-refractivity contribution in [3.63, 3.8) is 0 Å². The van der Waals surface area contributed by atoms with E-state index in [1.165, 1.54) is 5.56 Å². The smallest absolute Gasteiger partial charge is 0.238 e. The zero-order valence-corrected chi connectivity index (χ0v) is 31.2. The Balaban J connectivity index is 1.22. The summed E-state index contributed by atoms with van der Waals surface area (Å²) in [6.45, 7) is 0. The van der Waals surface area contributed by atoms with E-state index in [2.05, 4.69) is 180 Å². The summed E-state index contributed by atoms with van der Waals surface area (Å²) >= 11 is 0. The number of benzene rings is 9. The maximum Gasteiger partial charge on any atom is 0.238 e. The van der Waals surface area contributed by atoms with E-state index < -0.39 is 0 Å². The Morgan fingerprint density at radius 3 is 1.78 bits per heavy atom. The van der Waals surface area contributed by atoms with Gasteiger partial charge in [-0.05, 0) is 80.2 Å². The van der Waals surface area contributed by atoms with Gasteiger partial charge in [0.2, 0.25) is 5.95 Å². The van der Waals surface area contributed by atoms with Crippen LogP contribution in [0.25, 0.3) is 116 Å². The average molecular weight is 741 g/mol. The molecule has 0 fully saturated rings. The first-order valence-corrected chi connectivity index (χ1v) is 19.5. The van der Waals surface area contributed by atoms with Crippen molar-refractivity contribution in [1.29, 1.82) is 0 Å². The minimum Gasteiger partial charge on any atom is -0.455 e. The van der Waals surface area contributed by atoms with Gasteiger partial charge in [-0.15, -0.1) is 0 Å². The fourth-order valence-electron chi connectivity index (χ4n) is 8.71. The Hall–Kier alpha value is -7.89. The van der Waals surface area contributed by atoms with Gasteiger partial charge in [-0.3, -0.25) is 4.57 Å². The third-order valence-electron chi connectivity index (χ3n) is 11.4. The molecule has 0 amide bonds. The highest BCUT2D eigenvalue weighted by Gasteiger charge is 2.24. The molecule has 0 bridgehead atoms. The van der Waals surface area contributed by atoms with Crippen LogP contribution in [0.5, 0.6) is 0 Å². The summed E-state index contributed by atoms with van der Waals surface area (Å²) in [5.41, 5.74) is 10.0. The molecule has 0 atom stereocenters. The second kappa shape index (κ2) is 12.8. The molecule has 270 valence electrons. The van der Waals surface area contributed by atoms with E-state index in [4.69, 9.17) is 19.4 Å². The van der Waals surface area contributed by atoms with Crippen LogP contribution in [0.2, 0.25) is 0 Å². The average Bonchev–Trinajstić information content (AvgIpc) is 3.85. The highest BCUT2D eigenvalue weighted by atomic mass is 16.3. The lowest BCUT2D eigenvalue weighted by atomic mass is 9.94. The summed E-state index contributed by atoms with van der Waals surface area (Å²) in [6, 6.07) is 68.0. The molecule has 12 aromatic rings. The predicted octanol–water partition coefficient (Wildman–Crippen LogP) is 13.8. The summed E-state index contributed by atoms with van der Waals surface area (Å²) in [5, 5.41) is 8.84. The summed E-state index contributed by atoms with van der Waals surface area (Å²) in [5.74, 6) is 1.74. The molecule has 5 heteroatoms. The topological polar surface area (TPSA) is 56.7 Å². The Morgan fingerprint density at radius 2 is 1.00 bits per heavy atom. The number of rotatable bonds is 5. The molecule has 5 nitrogen and oxygen atoms in total. The molecule has 0 aliphatic carbocycles. The van der Waals surface area contributed by atoms with Gasteiger partial charge < -0.3 is 4.42 Å². The van der Waals surface area contributed by atoms with Crippen molar-refractivity contribution in [1.82, 2.24) is 19.5 Å². The van der Waals surface area contributed by atoms with E-state index in [9.17, 15) is 0 Å². The van der Waals surface area contributed by atoms with Crippen LogP contribution in [0.4, 0.5) is 0 Å². The van der Waals surface area contributed by atoms with Crippen molar-refractivity contribution >= 4 is 65.3 Å². The predicted molar refractivity (Wildman–Crippen MR) is 238 cm³/mol. The van der Waals surface area contributed by atoms with E-state index in [1.54, 1.807) is 0 Å². The van der Waals surface area contributed by atoms with Crippen LogP contribution in [0.15, 0.2) is 199 Å². The van der Waals surface area contributed by atoms with Crippen LogP contribution in [0.3, 0.4) is 0 Å². The van der Waals surface area contributed by atoms with E-state index in [1.807, 2.05) is 18.2 Å². The number of hydrogen-bond donors (Lipinski definition) is 0. The molecule has 58 heavy (non-hydrogen) atoms. The molecule has 9 aromatic carbocycles. The molecule has 3 heterocycles. The van der Waals surface area contributed by atoms with Crippen molar-refractivity contribution in [3.8, 4) is 51.0 Å². The van der Waals surface area contributed by atoms with Crippen LogP contribution < -0.4 is 0 Å². The zero-order valence-electron chi connectivity index (χ0n) is 31.2.